The van der Waals surface area contributed by atoms with Gasteiger partial charge >= 0.3 is 5.97 Å². The van der Waals surface area contributed by atoms with Crippen molar-refractivity contribution in [3.05, 3.63) is 58.2 Å². The van der Waals surface area contributed by atoms with E-state index in [1.165, 1.54) is 6.08 Å². The molecule has 1 aromatic rings. The first-order valence-corrected chi connectivity index (χ1v) is 7.30. The quantitative estimate of drug-likeness (QED) is 0.843. The molecule has 0 aliphatic heterocycles. The van der Waals surface area contributed by atoms with Crippen LogP contribution in [0.1, 0.15) is 53.8 Å². The lowest BCUT2D eigenvalue weighted by molar-refractivity contribution is -0.132. The number of ketones is 2. The van der Waals surface area contributed by atoms with Gasteiger partial charge in [-0.1, -0.05) is 37.6 Å². The molecule has 4 heteroatoms. The molecule has 0 spiro atoms. The fourth-order valence-electron chi connectivity index (χ4n) is 2.47. The number of hydrogen-bond donors (Lipinski definition) is 1. The number of aliphatic carboxylic acids is 1. The van der Waals surface area contributed by atoms with Crippen molar-refractivity contribution >= 4 is 17.5 Å². The number of fused-ring (bicyclic) bond motifs is 1. The summed E-state index contributed by atoms with van der Waals surface area (Å²) >= 11 is 0. The Bertz CT molecular complexity index is 708. The summed E-state index contributed by atoms with van der Waals surface area (Å²) in [5.41, 5.74) is 1.38. The van der Waals surface area contributed by atoms with Gasteiger partial charge in [0.15, 0.2) is 11.6 Å². The Morgan fingerprint density at radius 2 is 1.73 bits per heavy atom. The number of carbonyl (C=O) groups excluding carboxylic acids is 2. The van der Waals surface area contributed by atoms with Gasteiger partial charge in [-0.25, -0.2) is 4.79 Å². The summed E-state index contributed by atoms with van der Waals surface area (Å²) in [4.78, 5) is 36.2. The predicted octanol–water partition coefficient (Wildman–Crippen LogP) is 3.58. The molecule has 114 valence electrons. The average molecular weight is 298 g/mol. The Morgan fingerprint density at radius 1 is 1.14 bits per heavy atom. The predicted molar refractivity (Wildman–Crippen MR) is 83.0 cm³/mol. The Morgan fingerprint density at radius 3 is 2.27 bits per heavy atom. The van der Waals surface area contributed by atoms with Crippen LogP contribution in [-0.4, -0.2) is 22.6 Å². The van der Waals surface area contributed by atoms with Crippen molar-refractivity contribution in [2.24, 2.45) is 0 Å². The maximum atomic E-state index is 12.6. The second-order valence-electron chi connectivity index (χ2n) is 5.32. The summed E-state index contributed by atoms with van der Waals surface area (Å²) < 4.78 is 0. The number of Topliss-reactive ketones (excluding diaryl/α,β-unsaturated/α-hetero) is 2. The van der Waals surface area contributed by atoms with Crippen LogP contribution in [0.5, 0.6) is 0 Å². The van der Waals surface area contributed by atoms with Crippen LogP contribution in [0.3, 0.4) is 0 Å². The highest BCUT2D eigenvalue weighted by atomic mass is 16.4. The third-order valence-electron chi connectivity index (χ3n) is 3.80. The summed E-state index contributed by atoms with van der Waals surface area (Å²) in [5.74, 6) is -1.56. The molecule has 2 rings (SSSR count). The Labute approximate surface area is 129 Å². The standard InChI is InChI=1S/C18H18O4/c1-3-4-7-12(18(21)22)10-15-11(2)16(19)13-8-5-6-9-14(13)17(15)20/h5-6,8-10H,3-4,7H2,1-2H3,(H,21,22). The van der Waals surface area contributed by atoms with Gasteiger partial charge in [0, 0.05) is 27.8 Å². The summed E-state index contributed by atoms with van der Waals surface area (Å²) in [7, 11) is 0. The molecule has 1 aliphatic rings. The number of carbonyl (C=O) groups is 3. The molecule has 0 amide bonds. The van der Waals surface area contributed by atoms with Gasteiger partial charge in [0.2, 0.25) is 0 Å². The minimum atomic E-state index is -1.05. The summed E-state index contributed by atoms with van der Waals surface area (Å²) in [6, 6.07) is 6.63. The highest BCUT2D eigenvalue weighted by Gasteiger charge is 2.29. The minimum absolute atomic E-state index is 0.164. The van der Waals surface area contributed by atoms with Crippen molar-refractivity contribution in [2.75, 3.05) is 0 Å². The maximum Gasteiger partial charge on any atom is 0.331 e. The largest absolute Gasteiger partial charge is 0.478 e. The van der Waals surface area contributed by atoms with Crippen LogP contribution in [-0.2, 0) is 4.79 Å². The molecule has 1 aliphatic carbocycles. The van der Waals surface area contributed by atoms with Crippen molar-refractivity contribution in [2.45, 2.75) is 33.1 Å². The number of rotatable bonds is 5. The fourth-order valence-corrected chi connectivity index (χ4v) is 2.47. The molecule has 0 atom stereocenters. The normalized spacial score (nSPS) is 15.1. The van der Waals surface area contributed by atoms with E-state index in [-0.39, 0.29) is 22.7 Å². The van der Waals surface area contributed by atoms with Crippen molar-refractivity contribution in [1.29, 1.82) is 0 Å². The summed E-state index contributed by atoms with van der Waals surface area (Å²) in [6.45, 7) is 3.54. The van der Waals surface area contributed by atoms with Crippen LogP contribution in [0.15, 0.2) is 47.1 Å². The van der Waals surface area contributed by atoms with Gasteiger partial charge in [-0.05, 0) is 25.8 Å². The van der Waals surface area contributed by atoms with Crippen LogP contribution in [0.25, 0.3) is 0 Å². The molecule has 0 radical (unpaired) electrons. The summed E-state index contributed by atoms with van der Waals surface area (Å²) in [6.07, 6.45) is 3.33. The highest BCUT2D eigenvalue weighted by Crippen LogP contribution is 2.28. The third kappa shape index (κ3) is 2.91. The zero-order valence-electron chi connectivity index (χ0n) is 12.7. The monoisotopic (exact) mass is 298 g/mol. The van der Waals surface area contributed by atoms with Gasteiger partial charge in [0.25, 0.3) is 0 Å². The zero-order chi connectivity index (χ0) is 16.3. The lowest BCUT2D eigenvalue weighted by Crippen LogP contribution is -2.20. The maximum absolute atomic E-state index is 12.6. The van der Waals surface area contributed by atoms with E-state index >= 15 is 0 Å². The van der Waals surface area contributed by atoms with Crippen LogP contribution in [0.4, 0.5) is 0 Å². The molecular formula is C18H18O4. The number of hydrogen-bond acceptors (Lipinski definition) is 3. The molecule has 0 aromatic heterocycles. The van der Waals surface area contributed by atoms with E-state index in [1.54, 1.807) is 31.2 Å². The molecule has 0 fully saturated rings. The number of benzene rings is 1. The average Bonchev–Trinajstić information content (AvgIpc) is 2.52. The van der Waals surface area contributed by atoms with Crippen LogP contribution >= 0.6 is 0 Å². The van der Waals surface area contributed by atoms with Gasteiger partial charge < -0.3 is 5.11 Å². The Kier molecular flexibility index (Phi) is 4.71. The number of unbranched alkanes of at least 4 members (excludes halogenated alkanes) is 1. The number of carboxylic acids is 1. The van der Waals surface area contributed by atoms with Gasteiger partial charge in [-0.2, -0.15) is 0 Å². The molecule has 1 aromatic carbocycles. The van der Waals surface area contributed by atoms with E-state index in [9.17, 15) is 19.5 Å². The van der Waals surface area contributed by atoms with Crippen LogP contribution in [0, 0.1) is 0 Å². The first kappa shape index (κ1) is 15.9. The van der Waals surface area contributed by atoms with Crippen LogP contribution < -0.4 is 0 Å². The lowest BCUT2D eigenvalue weighted by Gasteiger charge is -2.17. The van der Waals surface area contributed by atoms with E-state index in [0.29, 0.717) is 23.1 Å². The lowest BCUT2D eigenvalue weighted by atomic mass is 9.83. The minimum Gasteiger partial charge on any atom is -0.478 e. The molecule has 0 unspecified atom stereocenters. The van der Waals surface area contributed by atoms with Crippen molar-refractivity contribution in [3.63, 3.8) is 0 Å². The number of allylic oxidation sites excluding steroid dienone is 3. The highest BCUT2D eigenvalue weighted by molar-refractivity contribution is 6.28. The first-order valence-electron chi connectivity index (χ1n) is 7.30. The summed E-state index contributed by atoms with van der Waals surface area (Å²) in [5, 5.41) is 9.28. The SMILES string of the molecule is CCCCC(=CC1=C(C)C(=O)c2ccccc2C1=O)C(=O)O. The Hall–Kier alpha value is -2.49. The molecule has 0 heterocycles. The smallest absolute Gasteiger partial charge is 0.331 e. The van der Waals surface area contributed by atoms with E-state index < -0.39 is 5.97 Å². The van der Waals surface area contributed by atoms with Crippen molar-refractivity contribution in [3.8, 4) is 0 Å². The second-order valence-corrected chi connectivity index (χ2v) is 5.32. The topological polar surface area (TPSA) is 71.4 Å². The second kappa shape index (κ2) is 6.52. The molecule has 0 bridgehead atoms. The van der Waals surface area contributed by atoms with Gasteiger partial charge in [0.05, 0.1) is 0 Å². The molecule has 1 N–H and O–H groups in total. The molecular weight excluding hydrogens is 280 g/mol. The third-order valence-corrected chi connectivity index (χ3v) is 3.80. The van der Waals surface area contributed by atoms with Crippen LogP contribution in [0.2, 0.25) is 0 Å². The molecule has 0 saturated carbocycles. The van der Waals surface area contributed by atoms with E-state index in [0.717, 1.165) is 12.8 Å². The van der Waals surface area contributed by atoms with Crippen molar-refractivity contribution in [1.82, 2.24) is 0 Å². The zero-order valence-corrected chi connectivity index (χ0v) is 12.7. The first-order chi connectivity index (χ1) is 10.5. The number of carboxylic acid groups (broad SMARTS) is 1. The molecule has 4 nitrogen and oxygen atoms in total. The van der Waals surface area contributed by atoms with Gasteiger partial charge in [-0.15, -0.1) is 0 Å². The Balaban J connectivity index is 2.50. The van der Waals surface area contributed by atoms with Gasteiger partial charge in [0.1, 0.15) is 0 Å². The molecule has 0 saturated heterocycles. The van der Waals surface area contributed by atoms with Crippen molar-refractivity contribution < 1.29 is 19.5 Å². The van der Waals surface area contributed by atoms with E-state index in [1.807, 2.05) is 6.92 Å². The van der Waals surface area contributed by atoms with E-state index in [4.69, 9.17) is 0 Å². The van der Waals surface area contributed by atoms with E-state index in [2.05, 4.69) is 0 Å². The van der Waals surface area contributed by atoms with Gasteiger partial charge in [-0.3, -0.25) is 9.59 Å². The molecule has 22 heavy (non-hydrogen) atoms. The fraction of sp³-hybridized carbons (Fsp3) is 0.278.